The summed E-state index contributed by atoms with van der Waals surface area (Å²) in [6.45, 7) is 0. The quantitative estimate of drug-likeness (QED) is 0.197. The number of rotatable bonds is 4. The molecule has 0 unspecified atom stereocenters. The molecule has 2 nitrogen and oxygen atoms in total. The van der Waals surface area contributed by atoms with E-state index in [9.17, 15) is 1.37 Å². The number of benzene rings is 6. The predicted octanol–water partition coefficient (Wildman–Crippen LogP) is 11.9. The average molecular weight is 615 g/mol. The van der Waals surface area contributed by atoms with Gasteiger partial charge in [-0.2, -0.15) is 0 Å². The van der Waals surface area contributed by atoms with E-state index < -0.39 is 90.6 Å². The molecular formula is C40H24N2S2. The van der Waals surface area contributed by atoms with Crippen molar-refractivity contribution in [2.45, 2.75) is 0 Å². The first-order chi connectivity index (χ1) is 29.3. The molecule has 0 atom stereocenters. The van der Waals surface area contributed by atoms with Gasteiger partial charge >= 0.3 is 0 Å². The standard InChI is InChI=1S/C40H24N2S2/c1-2-8-25(9-3-1)26-16-18-27(19-17-26)28-20-21-36-34(23-28)38-40(44-36)37(41-24-42-38)30-11-6-10-29(22-30)31-13-7-14-33-32-12-4-5-15-35(32)43-39(31)33/h1-24H/i1D,2D,3D,4D,5D,7D,8D,10D,11D,12D,13D,14D,15D,16D,17D,18D,19D,22D. The van der Waals surface area contributed by atoms with E-state index in [1.165, 1.54) is 23.7 Å². The second-order valence-electron chi connectivity index (χ2n) is 9.61. The molecule has 0 aliphatic heterocycles. The third-order valence-corrected chi connectivity index (χ3v) is 9.38. The molecule has 9 aromatic rings. The zero-order valence-electron chi connectivity index (χ0n) is 40.2. The number of aromatic nitrogens is 2. The Morgan fingerprint density at radius 3 is 2.23 bits per heavy atom. The van der Waals surface area contributed by atoms with Crippen molar-refractivity contribution >= 4 is 63.1 Å². The summed E-state index contributed by atoms with van der Waals surface area (Å²) in [4.78, 5) is 8.99. The maximum atomic E-state index is 9.52. The third kappa shape index (κ3) is 4.15. The van der Waals surface area contributed by atoms with Crippen LogP contribution < -0.4 is 0 Å². The van der Waals surface area contributed by atoms with Crippen LogP contribution in [0.15, 0.2) is 145 Å². The van der Waals surface area contributed by atoms with Crippen LogP contribution in [0.1, 0.15) is 24.7 Å². The fraction of sp³-hybridized carbons (Fsp3) is 0. The van der Waals surface area contributed by atoms with Crippen molar-refractivity contribution in [3.8, 4) is 44.6 Å². The summed E-state index contributed by atoms with van der Waals surface area (Å²) in [5.74, 6) is 0. The molecule has 0 N–H and O–H groups in total. The molecule has 9 rings (SSSR count). The van der Waals surface area contributed by atoms with E-state index in [4.69, 9.17) is 23.3 Å². The molecule has 3 heterocycles. The number of hydrogen-bond acceptors (Lipinski definition) is 4. The van der Waals surface area contributed by atoms with Gasteiger partial charge in [0.2, 0.25) is 0 Å². The van der Waals surface area contributed by atoms with Crippen molar-refractivity contribution in [2.24, 2.45) is 0 Å². The molecule has 44 heavy (non-hydrogen) atoms. The minimum Gasteiger partial charge on any atom is -0.235 e. The minimum atomic E-state index is -0.580. The molecule has 0 fully saturated rings. The summed E-state index contributed by atoms with van der Waals surface area (Å²) in [6.07, 6.45) is 1.22. The summed E-state index contributed by atoms with van der Waals surface area (Å²) in [5.41, 5.74) is -0.116. The molecule has 0 amide bonds. The van der Waals surface area contributed by atoms with E-state index in [0.717, 1.165) is 17.4 Å². The van der Waals surface area contributed by atoms with E-state index in [1.54, 1.807) is 18.2 Å². The van der Waals surface area contributed by atoms with Gasteiger partial charge in [0.25, 0.3) is 0 Å². The van der Waals surface area contributed by atoms with Crippen LogP contribution in [0.5, 0.6) is 0 Å². The van der Waals surface area contributed by atoms with Gasteiger partial charge in [-0.15, -0.1) is 22.7 Å². The molecule has 0 aliphatic carbocycles. The molecule has 4 heteroatoms. The van der Waals surface area contributed by atoms with Gasteiger partial charge in [-0.05, 0) is 57.6 Å². The van der Waals surface area contributed by atoms with Gasteiger partial charge in [0, 0.05) is 35.8 Å². The summed E-state index contributed by atoms with van der Waals surface area (Å²) in [7, 11) is 0. The van der Waals surface area contributed by atoms with Crippen LogP contribution in [0.3, 0.4) is 0 Å². The summed E-state index contributed by atoms with van der Waals surface area (Å²) < 4.78 is 157. The largest absolute Gasteiger partial charge is 0.235 e. The van der Waals surface area contributed by atoms with Crippen molar-refractivity contribution in [1.29, 1.82) is 0 Å². The molecule has 0 aliphatic rings. The smallest absolute Gasteiger partial charge is 0.116 e. The number of hydrogen-bond donors (Lipinski definition) is 0. The van der Waals surface area contributed by atoms with Gasteiger partial charge < -0.3 is 0 Å². The van der Waals surface area contributed by atoms with Gasteiger partial charge in [-0.3, -0.25) is 0 Å². The highest BCUT2D eigenvalue weighted by Gasteiger charge is 2.16. The Bertz CT molecular complexity index is 3500. The van der Waals surface area contributed by atoms with E-state index in [1.807, 2.05) is 0 Å². The van der Waals surface area contributed by atoms with Crippen LogP contribution in [0.25, 0.3) is 85.1 Å². The highest BCUT2D eigenvalue weighted by molar-refractivity contribution is 7.26. The molecular weight excluding hydrogens is 573 g/mol. The molecule has 0 bridgehead atoms. The SMILES string of the molecule is [2H]c1cc(-c2c([2H])c([2H])c(-c3ccc4sc5c(-c6c([2H])cc([2H])c(-c7c([2H])c([2H])c([2H])c8c7sc7c([2H])c([2H])c([2H])c([2H])c78)c6[2H])ncnc5c4c3)c([2H])c2[2H])c([2H])c([2H])c1[2H]. The molecule has 0 radical (unpaired) electrons. The zero-order valence-corrected chi connectivity index (χ0v) is 23.8. The lowest BCUT2D eigenvalue weighted by Gasteiger charge is -2.07. The summed E-state index contributed by atoms with van der Waals surface area (Å²) in [5, 5.41) is 0.478. The lowest BCUT2D eigenvalue weighted by atomic mass is 9.99. The number of nitrogens with zero attached hydrogens (tertiary/aromatic N) is 2. The fourth-order valence-corrected chi connectivity index (χ4v) is 7.26. The Hall–Kier alpha value is -5.16. The lowest BCUT2D eigenvalue weighted by molar-refractivity contribution is 1.24. The Labute approximate surface area is 287 Å². The molecule has 6 aromatic carbocycles. The first-order valence-corrected chi connectivity index (χ1v) is 14.8. The van der Waals surface area contributed by atoms with Crippen LogP contribution in [0.4, 0.5) is 0 Å². The van der Waals surface area contributed by atoms with Crippen molar-refractivity contribution in [1.82, 2.24) is 9.97 Å². The van der Waals surface area contributed by atoms with Crippen LogP contribution in [-0.4, -0.2) is 9.97 Å². The Morgan fingerprint density at radius 2 is 1.30 bits per heavy atom. The number of thiophene rings is 2. The van der Waals surface area contributed by atoms with E-state index in [-0.39, 0.29) is 82.9 Å². The van der Waals surface area contributed by atoms with Crippen molar-refractivity contribution < 1.29 is 24.7 Å². The van der Waals surface area contributed by atoms with Crippen LogP contribution in [0, 0.1) is 0 Å². The van der Waals surface area contributed by atoms with E-state index in [2.05, 4.69) is 9.97 Å². The first kappa shape index (κ1) is 13.2. The van der Waals surface area contributed by atoms with Gasteiger partial charge in [-0.25, -0.2) is 9.97 Å². The summed E-state index contributed by atoms with van der Waals surface area (Å²) in [6, 6.07) is -1.14. The average Bonchev–Trinajstić information content (AvgIpc) is 3.82. The molecule has 0 spiro atoms. The van der Waals surface area contributed by atoms with E-state index in [0.29, 0.717) is 20.3 Å². The van der Waals surface area contributed by atoms with Gasteiger partial charge in [-0.1, -0.05) is 115 Å². The molecule has 0 saturated heterocycles. The van der Waals surface area contributed by atoms with Crippen molar-refractivity contribution in [3.63, 3.8) is 0 Å². The minimum absolute atomic E-state index is 0.00994. The van der Waals surface area contributed by atoms with Gasteiger partial charge in [0.1, 0.15) is 6.33 Å². The lowest BCUT2D eigenvalue weighted by Crippen LogP contribution is -1.87. The third-order valence-electron chi connectivity index (χ3n) is 7.09. The fourth-order valence-electron chi connectivity index (χ4n) is 5.06. The number of fused-ring (bicyclic) bond motifs is 6. The van der Waals surface area contributed by atoms with Crippen molar-refractivity contribution in [2.75, 3.05) is 0 Å². The highest BCUT2D eigenvalue weighted by Crippen LogP contribution is 2.42. The van der Waals surface area contributed by atoms with E-state index >= 15 is 0 Å². The predicted molar refractivity (Wildman–Crippen MR) is 190 cm³/mol. The van der Waals surface area contributed by atoms with Crippen LogP contribution >= 0.6 is 22.7 Å². The Morgan fingerprint density at radius 1 is 0.500 bits per heavy atom. The van der Waals surface area contributed by atoms with Crippen LogP contribution in [-0.2, 0) is 0 Å². The normalized spacial score (nSPS) is 17.4. The molecule has 206 valence electrons. The molecule has 0 saturated carbocycles. The Kier molecular flexibility index (Phi) is 3.08. The van der Waals surface area contributed by atoms with Crippen LogP contribution in [0.2, 0.25) is 0 Å². The maximum absolute atomic E-state index is 9.52. The zero-order chi connectivity index (χ0) is 44.7. The second kappa shape index (κ2) is 10.2. The highest BCUT2D eigenvalue weighted by atomic mass is 32.1. The second-order valence-corrected chi connectivity index (χ2v) is 11.7. The topological polar surface area (TPSA) is 25.8 Å². The monoisotopic (exact) mass is 614 g/mol. The van der Waals surface area contributed by atoms with Crippen molar-refractivity contribution in [3.05, 3.63) is 145 Å². The summed E-state index contributed by atoms with van der Waals surface area (Å²) >= 11 is 2.07. The Balaban J connectivity index is 1.25. The first-order valence-electron chi connectivity index (χ1n) is 22.2. The van der Waals surface area contributed by atoms with Gasteiger partial charge in [0.15, 0.2) is 0 Å². The van der Waals surface area contributed by atoms with Gasteiger partial charge in [0.05, 0.1) is 40.6 Å². The maximum Gasteiger partial charge on any atom is 0.116 e. The molecule has 3 aromatic heterocycles.